The zero-order valence-corrected chi connectivity index (χ0v) is 20.0. The molecule has 4 rings (SSSR count). The minimum Gasteiger partial charge on any atom is -0.482 e. The van der Waals surface area contributed by atoms with Crippen molar-refractivity contribution >= 4 is 23.2 Å². The highest BCUT2D eigenvalue weighted by Crippen LogP contribution is 2.38. The predicted molar refractivity (Wildman–Crippen MR) is 133 cm³/mol. The van der Waals surface area contributed by atoms with Crippen molar-refractivity contribution in [2.75, 3.05) is 34.8 Å². The van der Waals surface area contributed by atoms with E-state index in [2.05, 4.69) is 41.2 Å². The van der Waals surface area contributed by atoms with Crippen molar-refractivity contribution in [1.29, 1.82) is 0 Å². The first kappa shape index (κ1) is 23.5. The van der Waals surface area contributed by atoms with Gasteiger partial charge in [0.05, 0.1) is 30.3 Å². The average Bonchev–Trinajstić information content (AvgIpc) is 2.81. The lowest BCUT2D eigenvalue weighted by atomic mass is 10.1. The second kappa shape index (κ2) is 9.67. The van der Waals surface area contributed by atoms with Crippen LogP contribution in [-0.4, -0.2) is 41.2 Å². The molecule has 0 saturated heterocycles. The Morgan fingerprint density at radius 2 is 2.03 bits per heavy atom. The highest BCUT2D eigenvalue weighted by molar-refractivity contribution is 6.02. The molecule has 3 heterocycles. The summed E-state index contributed by atoms with van der Waals surface area (Å²) in [7, 11) is 0. The van der Waals surface area contributed by atoms with E-state index in [-0.39, 0.29) is 12.2 Å². The van der Waals surface area contributed by atoms with Gasteiger partial charge in [-0.25, -0.2) is 14.2 Å². The summed E-state index contributed by atoms with van der Waals surface area (Å²) in [5, 5.41) is 2.72. The van der Waals surface area contributed by atoms with E-state index in [0.717, 1.165) is 42.7 Å². The Kier molecular flexibility index (Phi) is 6.68. The van der Waals surface area contributed by atoms with Crippen LogP contribution in [0.2, 0.25) is 0 Å². The number of carbonyl (C=O) groups is 1. The van der Waals surface area contributed by atoms with Crippen LogP contribution in [0.4, 0.5) is 26.4 Å². The molecular weight excluding hydrogens is 433 g/mol. The molecule has 0 unspecified atom stereocenters. The lowest BCUT2D eigenvalue weighted by molar-refractivity contribution is 0.106. The summed E-state index contributed by atoms with van der Waals surface area (Å²) in [6.07, 6.45) is 3.55. The molecule has 1 aromatic carbocycles. The molecule has 0 radical (unpaired) electrons. The van der Waals surface area contributed by atoms with E-state index in [9.17, 15) is 9.18 Å². The zero-order valence-electron chi connectivity index (χ0n) is 20.0. The van der Waals surface area contributed by atoms with Crippen molar-refractivity contribution < 1.29 is 13.9 Å². The summed E-state index contributed by atoms with van der Waals surface area (Å²) in [5.41, 5.74) is 2.48. The summed E-state index contributed by atoms with van der Waals surface area (Å²) >= 11 is 0. The van der Waals surface area contributed by atoms with Crippen LogP contribution in [0.25, 0.3) is 11.3 Å². The number of hydrogen-bond acceptors (Lipinski definition) is 5. The van der Waals surface area contributed by atoms with Crippen LogP contribution in [0, 0.1) is 5.82 Å². The molecule has 7 nitrogen and oxygen atoms in total. The van der Waals surface area contributed by atoms with Gasteiger partial charge in [0.1, 0.15) is 11.4 Å². The number of hydrogen-bond donors (Lipinski definition) is 1. The van der Waals surface area contributed by atoms with Crippen LogP contribution in [0.1, 0.15) is 34.1 Å². The molecule has 178 valence electrons. The van der Waals surface area contributed by atoms with Crippen LogP contribution >= 0.6 is 0 Å². The number of pyridine rings is 2. The van der Waals surface area contributed by atoms with Gasteiger partial charge in [-0.1, -0.05) is 19.1 Å². The third-order valence-electron chi connectivity index (χ3n) is 5.60. The summed E-state index contributed by atoms with van der Waals surface area (Å²) in [5.74, 6) is 0.417. The Balaban J connectivity index is 1.68. The fourth-order valence-corrected chi connectivity index (χ4v) is 4.10. The SMILES string of the molecule is CCCN(CC)c1cccc(-c2ccc3c(n2)N(C(=O)Nc2cncc(F)c2)CC(C)(C)O3)c1. The molecule has 8 heteroatoms. The smallest absolute Gasteiger partial charge is 0.327 e. The van der Waals surface area contributed by atoms with E-state index in [1.54, 1.807) is 0 Å². The second-order valence-electron chi connectivity index (χ2n) is 8.92. The van der Waals surface area contributed by atoms with Gasteiger partial charge in [-0.3, -0.25) is 9.88 Å². The van der Waals surface area contributed by atoms with Crippen LogP contribution in [-0.2, 0) is 0 Å². The normalized spacial score (nSPS) is 14.2. The van der Waals surface area contributed by atoms with E-state index in [0.29, 0.717) is 11.6 Å². The molecule has 0 saturated carbocycles. The molecule has 0 aliphatic carbocycles. The first-order valence-electron chi connectivity index (χ1n) is 11.5. The minimum absolute atomic E-state index is 0.273. The Bertz CT molecular complexity index is 1180. The predicted octanol–water partition coefficient (Wildman–Crippen LogP) is 5.73. The van der Waals surface area contributed by atoms with Gasteiger partial charge in [0.2, 0.25) is 0 Å². The number of halogens is 1. The average molecular weight is 464 g/mol. The van der Waals surface area contributed by atoms with Crippen LogP contribution in [0.15, 0.2) is 54.9 Å². The van der Waals surface area contributed by atoms with Crippen molar-refractivity contribution in [3.8, 4) is 17.0 Å². The number of rotatable bonds is 6. The first-order valence-corrected chi connectivity index (χ1v) is 11.5. The van der Waals surface area contributed by atoms with Crippen LogP contribution in [0.5, 0.6) is 5.75 Å². The first-order chi connectivity index (χ1) is 16.3. The number of carbonyl (C=O) groups excluding carboxylic acids is 1. The highest BCUT2D eigenvalue weighted by atomic mass is 19.1. The van der Waals surface area contributed by atoms with Gasteiger partial charge >= 0.3 is 6.03 Å². The molecular formula is C26H30FN5O2. The van der Waals surface area contributed by atoms with Crippen LogP contribution < -0.4 is 19.9 Å². The van der Waals surface area contributed by atoms with E-state index < -0.39 is 17.4 Å². The molecule has 0 spiro atoms. The fourth-order valence-electron chi connectivity index (χ4n) is 4.10. The van der Waals surface area contributed by atoms with Gasteiger partial charge in [-0.2, -0.15) is 0 Å². The van der Waals surface area contributed by atoms with E-state index >= 15 is 0 Å². The van der Waals surface area contributed by atoms with E-state index in [1.807, 2.05) is 38.1 Å². The Hall–Kier alpha value is -3.68. The number of benzene rings is 1. The third-order valence-corrected chi connectivity index (χ3v) is 5.60. The van der Waals surface area contributed by atoms with Gasteiger partial charge in [-0.15, -0.1) is 0 Å². The van der Waals surface area contributed by atoms with Crippen molar-refractivity contribution in [2.24, 2.45) is 0 Å². The number of nitrogens with one attached hydrogen (secondary N) is 1. The lowest BCUT2D eigenvalue weighted by Gasteiger charge is -2.38. The number of ether oxygens (including phenoxy) is 1. The van der Waals surface area contributed by atoms with Gasteiger partial charge in [0.15, 0.2) is 11.6 Å². The lowest BCUT2D eigenvalue weighted by Crippen LogP contribution is -2.51. The maximum Gasteiger partial charge on any atom is 0.327 e. The molecule has 3 aromatic rings. The minimum atomic E-state index is -0.616. The summed E-state index contributed by atoms with van der Waals surface area (Å²) < 4.78 is 19.7. The van der Waals surface area contributed by atoms with Crippen molar-refractivity contribution in [1.82, 2.24) is 9.97 Å². The van der Waals surface area contributed by atoms with E-state index in [4.69, 9.17) is 9.72 Å². The van der Waals surface area contributed by atoms with Crippen molar-refractivity contribution in [3.63, 3.8) is 0 Å². The molecule has 2 amide bonds. The molecule has 1 N–H and O–H groups in total. The molecule has 34 heavy (non-hydrogen) atoms. The number of urea groups is 1. The molecule has 0 atom stereocenters. The Morgan fingerprint density at radius 1 is 1.21 bits per heavy atom. The Labute approximate surface area is 199 Å². The highest BCUT2D eigenvalue weighted by Gasteiger charge is 2.36. The summed E-state index contributed by atoms with van der Waals surface area (Å²) in [6, 6.07) is 12.8. The molecule has 0 bridgehead atoms. The monoisotopic (exact) mass is 463 g/mol. The molecule has 2 aromatic heterocycles. The zero-order chi connectivity index (χ0) is 24.3. The molecule has 0 fully saturated rings. The Morgan fingerprint density at radius 3 is 2.76 bits per heavy atom. The van der Waals surface area contributed by atoms with Gasteiger partial charge in [-0.05, 0) is 51.5 Å². The molecule has 1 aliphatic rings. The number of amides is 2. The number of aromatic nitrogens is 2. The fraction of sp³-hybridized carbons (Fsp3) is 0.346. The van der Waals surface area contributed by atoms with E-state index in [1.165, 1.54) is 17.2 Å². The largest absolute Gasteiger partial charge is 0.482 e. The van der Waals surface area contributed by atoms with Gasteiger partial charge in [0.25, 0.3) is 0 Å². The number of nitrogens with zero attached hydrogens (tertiary/aromatic N) is 4. The maximum absolute atomic E-state index is 13.6. The van der Waals surface area contributed by atoms with Gasteiger partial charge in [0, 0.05) is 30.4 Å². The summed E-state index contributed by atoms with van der Waals surface area (Å²) in [6.45, 7) is 10.3. The maximum atomic E-state index is 13.6. The van der Waals surface area contributed by atoms with Crippen LogP contribution in [0.3, 0.4) is 0 Å². The topological polar surface area (TPSA) is 70.6 Å². The quantitative estimate of drug-likeness (QED) is 0.506. The third kappa shape index (κ3) is 5.11. The summed E-state index contributed by atoms with van der Waals surface area (Å²) in [4.78, 5) is 25.7. The second-order valence-corrected chi connectivity index (χ2v) is 8.92. The number of fused-ring (bicyclic) bond motifs is 1. The van der Waals surface area contributed by atoms with Gasteiger partial charge < -0.3 is 15.0 Å². The molecule has 1 aliphatic heterocycles. The van der Waals surface area contributed by atoms with Crippen molar-refractivity contribution in [3.05, 3.63) is 60.7 Å². The van der Waals surface area contributed by atoms with Crippen molar-refractivity contribution in [2.45, 2.75) is 39.7 Å². The number of anilines is 3. The standard InChI is InChI=1S/C26H30FN5O2/c1-5-12-31(6-2)21-9-7-8-18(13-21)22-10-11-23-24(30-22)32(17-26(3,4)34-23)25(33)29-20-14-19(27)15-28-16-20/h7-11,13-16H,5-6,12,17H2,1-4H3,(H,29,33).